The van der Waals surface area contributed by atoms with Gasteiger partial charge in [-0.2, -0.15) is 21.6 Å². The molecule has 0 atom stereocenters. The molecule has 0 aliphatic rings. The predicted molar refractivity (Wildman–Crippen MR) is 121 cm³/mol. The number of halogens is 4. The van der Waals surface area contributed by atoms with Crippen LogP contribution in [0.3, 0.4) is 0 Å². The fraction of sp³-hybridized carbons (Fsp3) is 0.455. The summed E-state index contributed by atoms with van der Waals surface area (Å²) in [7, 11) is -8.19. The Hall–Kier alpha value is -2.11. The summed E-state index contributed by atoms with van der Waals surface area (Å²) in [6, 6.07) is 7.53. The highest BCUT2D eigenvalue weighted by Gasteiger charge is 2.49. The van der Waals surface area contributed by atoms with Gasteiger partial charge in [0.15, 0.2) is 14.1 Å². The van der Waals surface area contributed by atoms with Gasteiger partial charge in [-0.25, -0.2) is 4.39 Å². The molecule has 2 rings (SSSR count). The van der Waals surface area contributed by atoms with Crippen molar-refractivity contribution >= 4 is 18.4 Å². The van der Waals surface area contributed by atoms with Gasteiger partial charge in [0, 0.05) is 0 Å². The Labute approximate surface area is 192 Å². The molecule has 0 aliphatic heterocycles. The zero-order valence-electron chi connectivity index (χ0n) is 19.3. The topological polar surface area (TPSA) is 61.8 Å². The summed E-state index contributed by atoms with van der Waals surface area (Å²) >= 11 is 0. The van der Waals surface area contributed by atoms with Gasteiger partial charge < -0.3 is 13.3 Å². The Bertz CT molecular complexity index is 1080. The molecule has 11 heteroatoms. The van der Waals surface area contributed by atoms with E-state index in [-0.39, 0.29) is 35.1 Å². The Morgan fingerprint density at radius 1 is 0.970 bits per heavy atom. The van der Waals surface area contributed by atoms with Gasteiger partial charge in [0.05, 0.1) is 18.8 Å². The molecule has 184 valence electrons. The third kappa shape index (κ3) is 6.48. The summed E-state index contributed by atoms with van der Waals surface area (Å²) in [5, 5.41) is -0.122. The van der Waals surface area contributed by atoms with E-state index in [4.69, 9.17) is 9.16 Å². The van der Waals surface area contributed by atoms with E-state index in [1.807, 2.05) is 33.9 Å². The molecule has 0 fully saturated rings. The van der Waals surface area contributed by atoms with Crippen molar-refractivity contribution in [1.82, 2.24) is 0 Å². The van der Waals surface area contributed by atoms with Gasteiger partial charge in [-0.15, -0.1) is 0 Å². The number of rotatable bonds is 8. The van der Waals surface area contributed by atoms with Gasteiger partial charge in [0.2, 0.25) is 0 Å². The molecule has 33 heavy (non-hydrogen) atoms. The van der Waals surface area contributed by atoms with Crippen molar-refractivity contribution in [1.29, 1.82) is 0 Å². The minimum Gasteiger partial charge on any atom is -0.493 e. The van der Waals surface area contributed by atoms with E-state index in [1.54, 1.807) is 13.0 Å². The second-order valence-corrected chi connectivity index (χ2v) is 15.3. The molecule has 0 aliphatic carbocycles. The first-order valence-electron chi connectivity index (χ1n) is 10.2. The first-order chi connectivity index (χ1) is 15.0. The summed E-state index contributed by atoms with van der Waals surface area (Å²) in [5.41, 5.74) is -5.07. The highest BCUT2D eigenvalue weighted by Crippen LogP contribution is 2.43. The average Bonchev–Trinajstić information content (AvgIpc) is 2.65. The van der Waals surface area contributed by atoms with Crippen molar-refractivity contribution < 1.29 is 39.3 Å². The fourth-order valence-corrected chi connectivity index (χ4v) is 4.03. The van der Waals surface area contributed by atoms with E-state index in [0.29, 0.717) is 5.56 Å². The SMILES string of the molecule is CCOc1cc(CO[Si](C)(C)C(C)(C)C)cc(OS(=O)(=O)C(F)(F)F)c1-c1ccc(F)cc1. The molecule has 2 aromatic carbocycles. The summed E-state index contributed by atoms with van der Waals surface area (Å²) < 4.78 is 92.6. The molecule has 0 radical (unpaired) electrons. The number of benzene rings is 2. The lowest BCUT2D eigenvalue weighted by Gasteiger charge is -2.36. The zero-order valence-corrected chi connectivity index (χ0v) is 21.2. The summed E-state index contributed by atoms with van der Waals surface area (Å²) in [6.45, 7) is 12.0. The zero-order chi connectivity index (χ0) is 25.2. The molecule has 0 heterocycles. The quantitative estimate of drug-likeness (QED) is 0.173. The summed E-state index contributed by atoms with van der Waals surface area (Å²) in [4.78, 5) is 0. The molecule has 0 unspecified atom stereocenters. The normalized spacial score (nSPS) is 13.2. The van der Waals surface area contributed by atoms with Crippen molar-refractivity contribution in [3.05, 3.63) is 47.8 Å². The van der Waals surface area contributed by atoms with Crippen molar-refractivity contribution in [2.75, 3.05) is 6.61 Å². The molecule has 5 nitrogen and oxygen atoms in total. The number of hydrogen-bond donors (Lipinski definition) is 0. The number of alkyl halides is 3. The van der Waals surface area contributed by atoms with Crippen LogP contribution < -0.4 is 8.92 Å². The maximum atomic E-state index is 13.4. The van der Waals surface area contributed by atoms with Crippen molar-refractivity contribution in [2.24, 2.45) is 0 Å². The molecule has 2 aromatic rings. The molecule has 0 saturated carbocycles. The van der Waals surface area contributed by atoms with Crippen LogP contribution in [0.1, 0.15) is 33.3 Å². The molecule has 0 spiro atoms. The van der Waals surface area contributed by atoms with Gasteiger partial charge >= 0.3 is 15.6 Å². The monoisotopic (exact) mass is 508 g/mol. The Morgan fingerprint density at radius 2 is 1.52 bits per heavy atom. The summed E-state index contributed by atoms with van der Waals surface area (Å²) in [5.74, 6) is -1.06. The molecule has 0 saturated heterocycles. The van der Waals surface area contributed by atoms with Gasteiger partial charge in [-0.1, -0.05) is 32.9 Å². The molecule has 0 bridgehead atoms. The van der Waals surface area contributed by atoms with E-state index >= 15 is 0 Å². The minimum absolute atomic E-state index is 0.0166. The van der Waals surface area contributed by atoms with Crippen molar-refractivity contribution in [3.63, 3.8) is 0 Å². The van der Waals surface area contributed by atoms with E-state index in [0.717, 1.165) is 12.1 Å². The van der Waals surface area contributed by atoms with Crippen LogP contribution in [0.4, 0.5) is 17.6 Å². The third-order valence-electron chi connectivity index (χ3n) is 5.45. The molecular weight excluding hydrogens is 480 g/mol. The van der Waals surface area contributed by atoms with Crippen LogP contribution in [-0.2, 0) is 21.2 Å². The minimum atomic E-state index is -5.97. The van der Waals surface area contributed by atoms with E-state index in [2.05, 4.69) is 4.18 Å². The van der Waals surface area contributed by atoms with E-state index < -0.39 is 35.5 Å². The van der Waals surface area contributed by atoms with Crippen LogP contribution >= 0.6 is 0 Å². The lowest BCUT2D eigenvalue weighted by Crippen LogP contribution is -2.40. The van der Waals surface area contributed by atoms with E-state index in [1.165, 1.54) is 18.2 Å². The van der Waals surface area contributed by atoms with Gasteiger partial charge in [-0.3, -0.25) is 0 Å². The van der Waals surface area contributed by atoms with Gasteiger partial charge in [0.1, 0.15) is 11.6 Å². The molecular formula is C22H28F4O5SSi. The molecule has 0 N–H and O–H groups in total. The average molecular weight is 509 g/mol. The van der Waals surface area contributed by atoms with Crippen LogP contribution in [0, 0.1) is 5.82 Å². The Balaban J connectivity index is 2.66. The maximum absolute atomic E-state index is 13.4. The number of ether oxygens (including phenoxy) is 1. The summed E-state index contributed by atoms with van der Waals surface area (Å²) in [6.07, 6.45) is 0. The highest BCUT2D eigenvalue weighted by atomic mass is 32.2. The van der Waals surface area contributed by atoms with Crippen LogP contribution in [0.15, 0.2) is 36.4 Å². The molecule has 0 aromatic heterocycles. The Kier molecular flexibility index (Phi) is 7.92. The highest BCUT2D eigenvalue weighted by molar-refractivity contribution is 7.88. The van der Waals surface area contributed by atoms with Crippen LogP contribution in [-0.4, -0.2) is 28.9 Å². The largest absolute Gasteiger partial charge is 0.534 e. The second kappa shape index (κ2) is 9.63. The lowest BCUT2D eigenvalue weighted by atomic mass is 10.0. The number of hydrogen-bond acceptors (Lipinski definition) is 5. The van der Waals surface area contributed by atoms with Crippen molar-refractivity contribution in [3.8, 4) is 22.6 Å². The first kappa shape index (κ1) is 27.1. The van der Waals surface area contributed by atoms with Gasteiger partial charge in [0.25, 0.3) is 0 Å². The second-order valence-electron chi connectivity index (χ2n) is 8.94. The maximum Gasteiger partial charge on any atom is 0.534 e. The fourth-order valence-electron chi connectivity index (χ4n) is 2.61. The Morgan fingerprint density at radius 3 is 2.00 bits per heavy atom. The first-order valence-corrected chi connectivity index (χ1v) is 14.5. The lowest BCUT2D eigenvalue weighted by molar-refractivity contribution is -0.0500. The predicted octanol–water partition coefficient (Wildman–Crippen LogP) is 6.64. The molecule has 0 amide bonds. The van der Waals surface area contributed by atoms with Crippen LogP contribution in [0.5, 0.6) is 11.5 Å². The standard InChI is InChI=1S/C22H28F4O5SSi/c1-7-29-18-12-15(14-30-33(5,6)21(2,3)4)13-19(31-32(27,28)22(24,25)26)20(18)16-8-10-17(23)11-9-16/h8-13H,7,14H2,1-6H3. The smallest absolute Gasteiger partial charge is 0.493 e. The van der Waals surface area contributed by atoms with E-state index in [9.17, 15) is 26.0 Å². The van der Waals surface area contributed by atoms with Crippen LogP contribution in [0.25, 0.3) is 11.1 Å². The third-order valence-corrected chi connectivity index (χ3v) is 10.9. The van der Waals surface area contributed by atoms with Crippen molar-refractivity contribution in [2.45, 2.75) is 57.9 Å². The van der Waals surface area contributed by atoms with Crippen LogP contribution in [0.2, 0.25) is 18.1 Å². The van der Waals surface area contributed by atoms with Gasteiger partial charge in [-0.05, 0) is 60.4 Å².